The standard InChI is InChI=1S/C24H21BrClN7O2/c1-24-8-15(23(35)31-18-4-2-3-17(25)30-18)33(16(24)9-24)19(34)10-32-14-6-5-12(26)7-13(14)20-21(27)28-11-29-22(20)32/h2-7,11,15-16H,8-10H2,1H3,(H2,27,28,29)(H,30,31,35)/t15-,16?,24-/m0/s1. The number of benzene rings is 1. The second-order valence-electron chi connectivity index (χ2n) is 9.43. The fourth-order valence-corrected chi connectivity index (χ4v) is 5.85. The van der Waals surface area contributed by atoms with Crippen molar-refractivity contribution in [1.29, 1.82) is 0 Å². The summed E-state index contributed by atoms with van der Waals surface area (Å²) in [6.07, 6.45) is 2.88. The summed E-state index contributed by atoms with van der Waals surface area (Å²) in [6.45, 7) is 2.14. The topological polar surface area (TPSA) is 119 Å². The second-order valence-corrected chi connectivity index (χ2v) is 10.7. The van der Waals surface area contributed by atoms with E-state index in [4.69, 9.17) is 17.3 Å². The van der Waals surface area contributed by atoms with Gasteiger partial charge in [-0.25, -0.2) is 15.0 Å². The van der Waals surface area contributed by atoms with Crippen LogP contribution in [0.4, 0.5) is 11.6 Å². The lowest BCUT2D eigenvalue weighted by atomic mass is 10.0. The van der Waals surface area contributed by atoms with E-state index in [1.54, 1.807) is 35.2 Å². The van der Waals surface area contributed by atoms with Crippen LogP contribution >= 0.6 is 27.5 Å². The Balaban J connectivity index is 1.34. The maximum Gasteiger partial charge on any atom is 0.248 e. The first kappa shape index (κ1) is 22.2. The summed E-state index contributed by atoms with van der Waals surface area (Å²) < 4.78 is 2.45. The average Bonchev–Trinajstić information content (AvgIpc) is 3.22. The molecule has 1 aliphatic carbocycles. The smallest absolute Gasteiger partial charge is 0.248 e. The van der Waals surface area contributed by atoms with Crippen LogP contribution in [0.25, 0.3) is 21.9 Å². The predicted molar refractivity (Wildman–Crippen MR) is 137 cm³/mol. The van der Waals surface area contributed by atoms with Crippen LogP contribution in [0.15, 0.2) is 47.3 Å². The molecule has 35 heavy (non-hydrogen) atoms. The molecule has 0 radical (unpaired) electrons. The maximum absolute atomic E-state index is 13.8. The summed E-state index contributed by atoms with van der Waals surface area (Å²) in [5.74, 6) is 0.375. The summed E-state index contributed by atoms with van der Waals surface area (Å²) in [6, 6.07) is 10.2. The third kappa shape index (κ3) is 3.63. The Morgan fingerprint density at radius 1 is 1.26 bits per heavy atom. The van der Waals surface area contributed by atoms with Gasteiger partial charge in [0.15, 0.2) is 0 Å². The van der Waals surface area contributed by atoms with Crippen LogP contribution < -0.4 is 11.1 Å². The Bertz CT molecular complexity index is 1540. The van der Waals surface area contributed by atoms with E-state index in [-0.39, 0.29) is 29.8 Å². The largest absolute Gasteiger partial charge is 0.383 e. The van der Waals surface area contributed by atoms with Crippen molar-refractivity contribution in [3.05, 3.63) is 52.4 Å². The van der Waals surface area contributed by atoms with Crippen LogP contribution in [0.2, 0.25) is 5.02 Å². The Morgan fingerprint density at radius 2 is 2.09 bits per heavy atom. The highest BCUT2D eigenvalue weighted by Gasteiger charge is 2.64. The number of fused-ring (bicyclic) bond motifs is 4. The summed E-state index contributed by atoms with van der Waals surface area (Å²) >= 11 is 9.56. The number of nitrogens with zero attached hydrogens (tertiary/aromatic N) is 5. The van der Waals surface area contributed by atoms with Crippen LogP contribution in [0.3, 0.4) is 0 Å². The highest BCUT2D eigenvalue weighted by molar-refractivity contribution is 9.10. The minimum absolute atomic E-state index is 0.0174. The number of pyridine rings is 1. The first-order valence-corrected chi connectivity index (χ1v) is 12.3. The summed E-state index contributed by atoms with van der Waals surface area (Å²) in [7, 11) is 0. The van der Waals surface area contributed by atoms with Crippen molar-refractivity contribution in [3.8, 4) is 0 Å². The molecule has 1 saturated carbocycles. The van der Waals surface area contributed by atoms with Gasteiger partial charge in [0.2, 0.25) is 11.8 Å². The molecule has 178 valence electrons. The molecule has 2 fully saturated rings. The van der Waals surface area contributed by atoms with Gasteiger partial charge in [0.1, 0.15) is 40.8 Å². The molecule has 0 spiro atoms. The number of aromatic nitrogens is 4. The van der Waals surface area contributed by atoms with Crippen LogP contribution in [0.5, 0.6) is 0 Å². The molecule has 6 rings (SSSR count). The number of carbonyl (C=O) groups is 2. The molecule has 1 aliphatic heterocycles. The van der Waals surface area contributed by atoms with Crippen molar-refractivity contribution in [2.45, 2.75) is 38.4 Å². The van der Waals surface area contributed by atoms with Crippen molar-refractivity contribution in [1.82, 2.24) is 24.4 Å². The van der Waals surface area contributed by atoms with Gasteiger partial charge in [-0.05, 0) is 64.5 Å². The van der Waals surface area contributed by atoms with Crippen molar-refractivity contribution < 1.29 is 9.59 Å². The normalized spacial score (nSPS) is 23.0. The quantitative estimate of drug-likeness (QED) is 0.368. The number of piperidine rings is 1. The lowest BCUT2D eigenvalue weighted by Gasteiger charge is -2.27. The molecule has 11 heteroatoms. The zero-order chi connectivity index (χ0) is 24.5. The number of amides is 2. The van der Waals surface area contributed by atoms with Gasteiger partial charge in [0.25, 0.3) is 0 Å². The van der Waals surface area contributed by atoms with Gasteiger partial charge < -0.3 is 20.5 Å². The minimum atomic E-state index is -0.575. The third-order valence-electron chi connectivity index (χ3n) is 7.12. The molecule has 4 aromatic rings. The molecule has 3 N–H and O–H groups in total. The summed E-state index contributed by atoms with van der Waals surface area (Å²) in [5, 5.41) is 4.86. The highest BCUT2D eigenvalue weighted by Crippen LogP contribution is 2.59. The zero-order valence-electron chi connectivity index (χ0n) is 18.7. The summed E-state index contributed by atoms with van der Waals surface area (Å²) in [4.78, 5) is 41.6. The molecule has 2 aliphatic rings. The van der Waals surface area contributed by atoms with Crippen molar-refractivity contribution >= 4 is 72.9 Å². The number of hydrogen-bond donors (Lipinski definition) is 2. The number of nitrogens with one attached hydrogen (secondary N) is 1. The third-order valence-corrected chi connectivity index (χ3v) is 7.79. The lowest BCUT2D eigenvalue weighted by Crippen LogP contribution is -2.46. The van der Waals surface area contributed by atoms with Gasteiger partial charge in [-0.3, -0.25) is 9.59 Å². The Labute approximate surface area is 213 Å². The van der Waals surface area contributed by atoms with Gasteiger partial charge in [-0.2, -0.15) is 0 Å². The van der Waals surface area contributed by atoms with Gasteiger partial charge in [0, 0.05) is 16.5 Å². The molecule has 0 bridgehead atoms. The molecule has 1 saturated heterocycles. The molecular formula is C24H21BrClN7O2. The second kappa shape index (κ2) is 7.89. The number of rotatable bonds is 4. The number of nitrogen functional groups attached to an aromatic ring is 1. The zero-order valence-corrected chi connectivity index (χ0v) is 21.0. The molecule has 3 atom stereocenters. The van der Waals surface area contributed by atoms with Crippen LogP contribution in [-0.2, 0) is 16.1 Å². The van der Waals surface area contributed by atoms with Gasteiger partial charge in [-0.1, -0.05) is 24.6 Å². The molecular weight excluding hydrogens is 534 g/mol. The molecule has 2 amide bonds. The summed E-state index contributed by atoms with van der Waals surface area (Å²) in [5.41, 5.74) is 7.45. The van der Waals surface area contributed by atoms with Gasteiger partial charge in [-0.15, -0.1) is 0 Å². The minimum Gasteiger partial charge on any atom is -0.383 e. The number of likely N-dealkylation sites (tertiary alicyclic amines) is 1. The van der Waals surface area contributed by atoms with Crippen LogP contribution in [-0.4, -0.2) is 48.3 Å². The number of halogens is 2. The van der Waals surface area contributed by atoms with E-state index < -0.39 is 6.04 Å². The van der Waals surface area contributed by atoms with E-state index >= 15 is 0 Å². The molecule has 9 nitrogen and oxygen atoms in total. The van der Waals surface area contributed by atoms with E-state index in [1.165, 1.54) is 6.33 Å². The molecule has 4 heterocycles. The first-order chi connectivity index (χ1) is 16.7. The van der Waals surface area contributed by atoms with E-state index in [1.807, 2.05) is 10.6 Å². The predicted octanol–water partition coefficient (Wildman–Crippen LogP) is 4.00. The SMILES string of the molecule is C[C@]12CC1N(C(=O)Cn1c3ccc(Cl)cc3c3c(N)ncnc31)[C@H](C(=O)Nc1cccc(Br)n1)C2. The van der Waals surface area contributed by atoms with E-state index in [0.29, 0.717) is 38.7 Å². The van der Waals surface area contributed by atoms with Crippen molar-refractivity contribution in [3.63, 3.8) is 0 Å². The Kier molecular flexibility index (Phi) is 5.01. The lowest BCUT2D eigenvalue weighted by molar-refractivity contribution is -0.138. The molecule has 1 unspecified atom stereocenters. The Morgan fingerprint density at radius 3 is 2.89 bits per heavy atom. The monoisotopic (exact) mass is 553 g/mol. The van der Waals surface area contributed by atoms with Gasteiger partial charge >= 0.3 is 0 Å². The highest BCUT2D eigenvalue weighted by atomic mass is 79.9. The fraction of sp³-hybridized carbons (Fsp3) is 0.292. The average molecular weight is 555 g/mol. The Hall–Kier alpha value is -3.24. The number of anilines is 2. The molecule has 3 aromatic heterocycles. The number of carbonyl (C=O) groups excluding carboxylic acids is 2. The maximum atomic E-state index is 13.8. The number of nitrogens with two attached hydrogens (primary N) is 1. The van der Waals surface area contributed by atoms with E-state index in [0.717, 1.165) is 17.3 Å². The first-order valence-electron chi connectivity index (χ1n) is 11.2. The van der Waals surface area contributed by atoms with Crippen LogP contribution in [0, 0.1) is 5.41 Å². The fourth-order valence-electron chi connectivity index (χ4n) is 5.34. The molecule has 1 aromatic carbocycles. The number of hydrogen-bond acceptors (Lipinski definition) is 6. The van der Waals surface area contributed by atoms with E-state index in [2.05, 4.69) is 43.1 Å². The van der Waals surface area contributed by atoms with Crippen molar-refractivity contribution in [2.75, 3.05) is 11.1 Å². The van der Waals surface area contributed by atoms with Crippen molar-refractivity contribution in [2.24, 2.45) is 5.41 Å². The van der Waals surface area contributed by atoms with E-state index in [9.17, 15) is 9.59 Å². The van der Waals surface area contributed by atoms with Crippen LogP contribution in [0.1, 0.15) is 19.8 Å². The van der Waals surface area contributed by atoms with Gasteiger partial charge in [0.05, 0.1) is 10.9 Å².